The highest BCUT2D eigenvalue weighted by Crippen LogP contribution is 2.31. The van der Waals surface area contributed by atoms with Crippen molar-refractivity contribution in [3.8, 4) is 0 Å². The summed E-state index contributed by atoms with van der Waals surface area (Å²) < 4.78 is 0. The maximum absolute atomic E-state index is 5.35. The van der Waals surface area contributed by atoms with Gasteiger partial charge in [-0.2, -0.15) is 0 Å². The number of nitrogens with one attached hydrogen (secondary N) is 1. The Balaban J connectivity index is 2.36. The molecule has 3 nitrogen and oxygen atoms in total. The number of hydrogen-bond acceptors (Lipinski definition) is 3. The molecule has 1 unspecified atom stereocenters. The minimum Gasteiger partial charge on any atom is -0.360 e. The molecule has 0 aliphatic carbocycles. The van der Waals surface area contributed by atoms with Crippen LogP contribution in [-0.4, -0.2) is 12.2 Å². The van der Waals surface area contributed by atoms with E-state index in [2.05, 4.69) is 24.4 Å². The Kier molecular flexibility index (Phi) is 2.40. The van der Waals surface area contributed by atoms with Crippen molar-refractivity contribution in [2.45, 2.75) is 19.5 Å². The highest BCUT2D eigenvalue weighted by Gasteiger charge is 2.36. The average molecular weight is 204 g/mol. The third kappa shape index (κ3) is 1.59. The van der Waals surface area contributed by atoms with Gasteiger partial charge >= 0.3 is 0 Å². The standard InChI is InChI=1S/C12H16N2O/c1-10-9-14(15-3)12(2,13-10)11-7-5-4-6-8-11/h4-9,13H,1-3H3. The zero-order valence-electron chi connectivity index (χ0n) is 9.32. The van der Waals surface area contributed by atoms with Crippen molar-refractivity contribution in [2.75, 3.05) is 7.11 Å². The van der Waals surface area contributed by atoms with E-state index >= 15 is 0 Å². The second-order valence-electron chi connectivity index (χ2n) is 3.88. The molecule has 0 fully saturated rings. The summed E-state index contributed by atoms with van der Waals surface area (Å²) >= 11 is 0. The minimum absolute atomic E-state index is 0.305. The first-order valence-corrected chi connectivity index (χ1v) is 5.02. The Hall–Kier alpha value is -1.48. The quantitative estimate of drug-likeness (QED) is 0.799. The molecule has 1 atom stereocenters. The molecule has 1 N–H and O–H groups in total. The number of hydrogen-bond donors (Lipinski definition) is 1. The van der Waals surface area contributed by atoms with Crippen LogP contribution >= 0.6 is 0 Å². The van der Waals surface area contributed by atoms with Crippen LogP contribution in [0.2, 0.25) is 0 Å². The van der Waals surface area contributed by atoms with Crippen molar-refractivity contribution < 1.29 is 4.84 Å². The molecule has 1 aromatic carbocycles. The molecule has 0 spiro atoms. The van der Waals surface area contributed by atoms with E-state index in [1.54, 1.807) is 7.11 Å². The molecule has 0 radical (unpaired) electrons. The molecule has 0 bridgehead atoms. The van der Waals surface area contributed by atoms with E-state index in [4.69, 9.17) is 4.84 Å². The summed E-state index contributed by atoms with van der Waals surface area (Å²) in [5.41, 5.74) is 1.98. The van der Waals surface area contributed by atoms with Gasteiger partial charge in [-0.05, 0) is 19.4 Å². The predicted octanol–water partition coefficient (Wildman–Crippen LogP) is 2.19. The molecule has 1 aliphatic rings. The third-order valence-corrected chi connectivity index (χ3v) is 2.72. The van der Waals surface area contributed by atoms with E-state index in [9.17, 15) is 0 Å². The van der Waals surface area contributed by atoms with Gasteiger partial charge in [0.1, 0.15) is 0 Å². The van der Waals surface area contributed by atoms with Crippen LogP contribution in [0.5, 0.6) is 0 Å². The van der Waals surface area contributed by atoms with E-state index in [1.807, 2.05) is 36.4 Å². The molecule has 0 aromatic heterocycles. The molecule has 1 heterocycles. The van der Waals surface area contributed by atoms with Crippen LogP contribution in [0.15, 0.2) is 42.2 Å². The Morgan fingerprint density at radius 2 is 1.93 bits per heavy atom. The van der Waals surface area contributed by atoms with Crippen LogP contribution in [0.4, 0.5) is 0 Å². The lowest BCUT2D eigenvalue weighted by atomic mass is 10.0. The predicted molar refractivity (Wildman–Crippen MR) is 59.5 cm³/mol. The van der Waals surface area contributed by atoms with E-state index in [-0.39, 0.29) is 5.66 Å². The van der Waals surface area contributed by atoms with Crippen molar-refractivity contribution in [1.29, 1.82) is 0 Å². The van der Waals surface area contributed by atoms with Crippen molar-refractivity contribution in [3.63, 3.8) is 0 Å². The summed E-state index contributed by atoms with van der Waals surface area (Å²) in [5.74, 6) is 0. The largest absolute Gasteiger partial charge is 0.360 e. The first-order chi connectivity index (χ1) is 7.16. The molecule has 80 valence electrons. The highest BCUT2D eigenvalue weighted by atomic mass is 16.7. The molecule has 0 saturated heterocycles. The van der Waals surface area contributed by atoms with Gasteiger partial charge in [-0.15, -0.1) is 0 Å². The van der Waals surface area contributed by atoms with Gasteiger partial charge in [0, 0.05) is 11.9 Å². The number of benzene rings is 1. The number of hydroxylamine groups is 2. The van der Waals surface area contributed by atoms with Gasteiger partial charge in [0.15, 0.2) is 5.66 Å². The lowest BCUT2D eigenvalue weighted by molar-refractivity contribution is -0.159. The molecule has 0 amide bonds. The molecule has 15 heavy (non-hydrogen) atoms. The highest BCUT2D eigenvalue weighted by molar-refractivity contribution is 5.27. The maximum Gasteiger partial charge on any atom is 0.158 e. The fourth-order valence-electron chi connectivity index (χ4n) is 1.97. The Morgan fingerprint density at radius 3 is 2.53 bits per heavy atom. The zero-order valence-corrected chi connectivity index (χ0v) is 9.32. The van der Waals surface area contributed by atoms with Gasteiger partial charge in [-0.1, -0.05) is 30.3 Å². The summed E-state index contributed by atoms with van der Waals surface area (Å²) in [6.07, 6.45) is 1.97. The molecule has 0 saturated carbocycles. The number of rotatable bonds is 2. The fraction of sp³-hybridized carbons (Fsp3) is 0.333. The Bertz CT molecular complexity index is 374. The van der Waals surface area contributed by atoms with Gasteiger partial charge in [-0.3, -0.25) is 4.84 Å². The van der Waals surface area contributed by atoms with E-state index < -0.39 is 0 Å². The van der Waals surface area contributed by atoms with Gasteiger partial charge in [0.05, 0.1) is 7.11 Å². The van der Waals surface area contributed by atoms with E-state index in [0.29, 0.717) is 0 Å². The molecule has 1 aromatic rings. The summed E-state index contributed by atoms with van der Waals surface area (Å²) in [7, 11) is 1.68. The minimum atomic E-state index is -0.305. The van der Waals surface area contributed by atoms with Crippen LogP contribution in [0, 0.1) is 0 Å². The molecular formula is C12H16N2O. The normalized spacial score (nSPS) is 25.0. The lowest BCUT2D eigenvalue weighted by Crippen LogP contribution is -2.45. The summed E-state index contributed by atoms with van der Waals surface area (Å²) in [4.78, 5) is 5.35. The number of nitrogens with zero attached hydrogens (tertiary/aromatic N) is 1. The number of allylic oxidation sites excluding steroid dienone is 1. The van der Waals surface area contributed by atoms with Crippen LogP contribution < -0.4 is 5.32 Å². The average Bonchev–Trinajstić information content (AvgIpc) is 2.56. The van der Waals surface area contributed by atoms with Crippen LogP contribution in [-0.2, 0) is 10.5 Å². The maximum atomic E-state index is 5.35. The van der Waals surface area contributed by atoms with Crippen LogP contribution in [0.3, 0.4) is 0 Å². The Labute approximate surface area is 90.3 Å². The van der Waals surface area contributed by atoms with Gasteiger partial charge < -0.3 is 5.32 Å². The van der Waals surface area contributed by atoms with Gasteiger partial charge in [0.25, 0.3) is 0 Å². The molecule has 3 heteroatoms. The van der Waals surface area contributed by atoms with Gasteiger partial charge in [0.2, 0.25) is 0 Å². The van der Waals surface area contributed by atoms with Crippen LogP contribution in [0.1, 0.15) is 19.4 Å². The van der Waals surface area contributed by atoms with Crippen molar-refractivity contribution in [1.82, 2.24) is 10.4 Å². The second-order valence-corrected chi connectivity index (χ2v) is 3.88. The first-order valence-electron chi connectivity index (χ1n) is 5.02. The van der Waals surface area contributed by atoms with Gasteiger partial charge in [-0.25, -0.2) is 5.06 Å². The monoisotopic (exact) mass is 204 g/mol. The molecule has 1 aliphatic heterocycles. The van der Waals surface area contributed by atoms with E-state index in [1.165, 1.54) is 5.56 Å². The second kappa shape index (κ2) is 3.59. The smallest absolute Gasteiger partial charge is 0.158 e. The summed E-state index contributed by atoms with van der Waals surface area (Å²) in [6.45, 7) is 4.12. The first kappa shape index (κ1) is 10.1. The lowest BCUT2D eigenvalue weighted by Gasteiger charge is -2.34. The third-order valence-electron chi connectivity index (χ3n) is 2.72. The SMILES string of the molecule is CON1C=C(C)NC1(C)c1ccccc1. The molecule has 2 rings (SSSR count). The molecular weight excluding hydrogens is 188 g/mol. The van der Waals surface area contributed by atoms with Crippen molar-refractivity contribution in [2.24, 2.45) is 0 Å². The van der Waals surface area contributed by atoms with Crippen molar-refractivity contribution >= 4 is 0 Å². The fourth-order valence-corrected chi connectivity index (χ4v) is 1.97. The Morgan fingerprint density at radius 1 is 1.27 bits per heavy atom. The topological polar surface area (TPSA) is 24.5 Å². The van der Waals surface area contributed by atoms with Crippen LogP contribution in [0.25, 0.3) is 0 Å². The summed E-state index contributed by atoms with van der Waals surface area (Å²) in [6, 6.07) is 10.3. The summed E-state index contributed by atoms with van der Waals surface area (Å²) in [5, 5.41) is 5.24. The van der Waals surface area contributed by atoms with Crippen molar-refractivity contribution in [3.05, 3.63) is 47.8 Å². The van der Waals surface area contributed by atoms with E-state index in [0.717, 1.165) is 5.70 Å². The zero-order chi connectivity index (χ0) is 10.9.